The zero-order chi connectivity index (χ0) is 18.1. The van der Waals surface area contributed by atoms with E-state index in [1.165, 1.54) is 34.6 Å². The van der Waals surface area contributed by atoms with Crippen molar-refractivity contribution in [3.8, 4) is 0 Å². The normalized spacial score (nSPS) is 11.4. The molecule has 0 spiro atoms. The summed E-state index contributed by atoms with van der Waals surface area (Å²) in [5.74, 6) is 0. The van der Waals surface area contributed by atoms with Crippen molar-refractivity contribution in [2.75, 3.05) is 0 Å². The summed E-state index contributed by atoms with van der Waals surface area (Å²) in [5, 5.41) is 2.28. The van der Waals surface area contributed by atoms with Crippen molar-refractivity contribution in [3.05, 3.63) is 48.8 Å². The van der Waals surface area contributed by atoms with Crippen molar-refractivity contribution in [2.24, 2.45) is 0 Å². The van der Waals surface area contributed by atoms with Crippen LogP contribution in [0.25, 0.3) is 21.8 Å². The molecule has 2 aromatic heterocycles. The van der Waals surface area contributed by atoms with Gasteiger partial charge in [0.2, 0.25) is 0 Å². The Morgan fingerprint density at radius 3 is 1.68 bits per heavy atom. The summed E-state index contributed by atoms with van der Waals surface area (Å²) in [6, 6.07) is 12.1. The molecule has 2 nitrogen and oxygen atoms in total. The number of rotatable bonds is 6. The molecule has 0 aliphatic carbocycles. The number of unbranched alkanes of at least 4 members (excludes halogenated alkanes) is 2. The van der Waals surface area contributed by atoms with Gasteiger partial charge in [0.1, 0.15) is 0 Å². The first-order valence-electron chi connectivity index (χ1n) is 9.03. The van der Waals surface area contributed by atoms with Crippen LogP contribution in [-0.4, -0.2) is 22.2 Å². The zero-order valence-electron chi connectivity index (χ0n) is 15.0. The maximum atomic E-state index is 4.35. The number of benzene rings is 1. The average Bonchev–Trinajstić information content (AvgIpc) is 2.65. The Balaban J connectivity index is 0.000000188. The van der Waals surface area contributed by atoms with Gasteiger partial charge in [-0.05, 0) is 12.1 Å². The van der Waals surface area contributed by atoms with E-state index in [4.69, 9.17) is 0 Å². The first-order valence-corrected chi connectivity index (χ1v) is 27.8. The van der Waals surface area contributed by atoms with Crippen LogP contribution in [0.1, 0.15) is 39.5 Å². The largest absolute Gasteiger partial charge is 0.254 e. The Morgan fingerprint density at radius 2 is 1.28 bits per heavy atom. The minimum Gasteiger partial charge on any atom is -0.254 e. The Hall–Kier alpha value is 0.0487. The summed E-state index contributed by atoms with van der Waals surface area (Å²) in [7, 11) is 0. The molecule has 0 bridgehead atoms. The Labute approximate surface area is 171 Å². The van der Waals surface area contributed by atoms with Gasteiger partial charge in [-0.15, -0.1) is 0 Å². The van der Waals surface area contributed by atoms with E-state index in [1.807, 2.05) is 12.1 Å². The molecule has 0 aliphatic heterocycles. The third kappa shape index (κ3) is 6.94. The summed E-state index contributed by atoms with van der Waals surface area (Å²) < 4.78 is 3.04. The van der Waals surface area contributed by atoms with E-state index < -0.39 is 12.2 Å². The number of nitrogens with zero attached hydrogens (tertiary/aromatic N) is 2. The summed E-state index contributed by atoms with van der Waals surface area (Å²) in [5.41, 5.74) is 1.95. The predicted octanol–water partition coefficient (Wildman–Crippen LogP) is 7.64. The van der Waals surface area contributed by atoms with E-state index >= 15 is 0 Å². The fourth-order valence-electron chi connectivity index (χ4n) is 2.68. The monoisotopic (exact) mass is 620 g/mol. The molecule has 0 aliphatic rings. The van der Waals surface area contributed by atoms with Gasteiger partial charge >= 0.3 is 91.9 Å². The average molecular weight is 620 g/mol. The number of fused-ring (bicyclic) bond motifs is 3. The third-order valence-electron chi connectivity index (χ3n) is 4.14. The van der Waals surface area contributed by atoms with Crippen LogP contribution in [0.3, 0.4) is 0 Å². The van der Waals surface area contributed by atoms with Crippen LogP contribution in [0.4, 0.5) is 0 Å². The molecule has 2 heterocycles. The SMILES string of the molecule is CCC[CH2][Sn]([Br])([I])[CH2]CCC.c1cnc2c(c1)ccc1cccnc12. The van der Waals surface area contributed by atoms with Crippen LogP contribution in [-0.2, 0) is 0 Å². The Morgan fingerprint density at radius 1 is 0.840 bits per heavy atom. The summed E-state index contributed by atoms with van der Waals surface area (Å²) in [6.45, 7) is 4.57. The van der Waals surface area contributed by atoms with Gasteiger partial charge < -0.3 is 0 Å². The second-order valence-corrected chi connectivity index (χ2v) is 48.0. The molecule has 3 aromatic rings. The smallest absolute Gasteiger partial charge is 0.0964 e. The minimum atomic E-state index is -1.65. The Kier molecular flexibility index (Phi) is 9.41. The van der Waals surface area contributed by atoms with Gasteiger partial charge in [0, 0.05) is 23.2 Å². The summed E-state index contributed by atoms with van der Waals surface area (Å²) in [6.07, 6.45) is 9.20. The van der Waals surface area contributed by atoms with Crippen molar-refractivity contribution >= 4 is 65.3 Å². The third-order valence-corrected chi connectivity index (χ3v) is 22.9. The van der Waals surface area contributed by atoms with Gasteiger partial charge in [-0.1, -0.05) is 24.3 Å². The van der Waals surface area contributed by atoms with Crippen LogP contribution >= 0.6 is 31.3 Å². The molecule has 0 saturated carbocycles. The van der Waals surface area contributed by atoms with Crippen LogP contribution < -0.4 is 0 Å². The van der Waals surface area contributed by atoms with Crippen LogP contribution in [0.15, 0.2) is 48.8 Å². The number of hydrogen-bond acceptors (Lipinski definition) is 2. The zero-order valence-corrected chi connectivity index (χ0v) is 21.6. The first kappa shape index (κ1) is 21.3. The van der Waals surface area contributed by atoms with E-state index in [0.717, 1.165) is 21.8 Å². The molecule has 25 heavy (non-hydrogen) atoms. The van der Waals surface area contributed by atoms with E-state index in [1.54, 1.807) is 12.4 Å². The molecular weight excluding hydrogens is 594 g/mol. The summed E-state index contributed by atoms with van der Waals surface area (Å²) in [4.78, 5) is 8.69. The molecule has 1 aromatic carbocycles. The van der Waals surface area contributed by atoms with Crippen LogP contribution in [0.2, 0.25) is 8.87 Å². The molecular formula is C20H26BrIN2Sn. The van der Waals surface area contributed by atoms with E-state index in [9.17, 15) is 0 Å². The molecule has 5 heteroatoms. The van der Waals surface area contributed by atoms with Crippen LogP contribution in [0, 0.1) is 0 Å². The topological polar surface area (TPSA) is 25.8 Å². The van der Waals surface area contributed by atoms with E-state index in [-0.39, 0.29) is 0 Å². The molecule has 0 N–H and O–H groups in total. The minimum absolute atomic E-state index is 0.977. The van der Waals surface area contributed by atoms with Gasteiger partial charge in [-0.2, -0.15) is 0 Å². The molecule has 0 amide bonds. The molecule has 0 saturated heterocycles. The Bertz CT molecular complexity index is 730. The standard InChI is InChI=1S/C12H8N2.2C4H9.BrH.HI.Sn/c1-3-9-5-6-10-4-2-8-14-12(10)11(9)13-7-1;2*1-3-4-2;;;/h1-8H;2*1,3-4H2,2H3;2*1H;/q;;;;;+2/p-2. The van der Waals surface area contributed by atoms with Crippen molar-refractivity contribution in [1.29, 1.82) is 0 Å². The molecule has 0 atom stereocenters. The second-order valence-electron chi connectivity index (χ2n) is 6.28. The van der Waals surface area contributed by atoms with E-state index in [2.05, 4.69) is 79.4 Å². The van der Waals surface area contributed by atoms with Crippen molar-refractivity contribution in [1.82, 2.24) is 9.97 Å². The quantitative estimate of drug-likeness (QED) is 0.161. The van der Waals surface area contributed by atoms with Gasteiger partial charge in [0.05, 0.1) is 11.0 Å². The fraction of sp³-hybridized carbons (Fsp3) is 0.400. The van der Waals surface area contributed by atoms with Gasteiger partial charge in [0.25, 0.3) is 0 Å². The second kappa shape index (κ2) is 11.0. The molecule has 134 valence electrons. The van der Waals surface area contributed by atoms with Gasteiger partial charge in [-0.25, -0.2) is 0 Å². The fourth-order valence-corrected chi connectivity index (χ4v) is 17.2. The number of halogens is 2. The molecule has 0 fully saturated rings. The number of aromatic nitrogens is 2. The molecule has 0 unspecified atom stereocenters. The molecule has 0 radical (unpaired) electrons. The van der Waals surface area contributed by atoms with Crippen molar-refractivity contribution in [2.45, 2.75) is 48.4 Å². The van der Waals surface area contributed by atoms with Crippen molar-refractivity contribution in [3.63, 3.8) is 0 Å². The van der Waals surface area contributed by atoms with E-state index in [0.29, 0.717) is 0 Å². The maximum absolute atomic E-state index is 4.35. The molecule has 3 rings (SSSR count). The number of pyridine rings is 2. The summed E-state index contributed by atoms with van der Waals surface area (Å²) >= 11 is 5.08. The van der Waals surface area contributed by atoms with Gasteiger partial charge in [0.15, 0.2) is 0 Å². The first-order chi connectivity index (χ1) is 12.1. The number of hydrogen-bond donors (Lipinski definition) is 0. The predicted molar refractivity (Wildman–Crippen MR) is 125 cm³/mol. The maximum Gasteiger partial charge on any atom is 0.0964 e. The van der Waals surface area contributed by atoms with Crippen molar-refractivity contribution < 1.29 is 0 Å². The van der Waals surface area contributed by atoms with Gasteiger partial charge in [-0.3, -0.25) is 9.97 Å². The van der Waals surface area contributed by atoms with Crippen LogP contribution in [0.5, 0.6) is 0 Å².